The highest BCUT2D eigenvalue weighted by molar-refractivity contribution is 6.12. The summed E-state index contributed by atoms with van der Waals surface area (Å²) in [5.74, 6) is 0.134. The van der Waals surface area contributed by atoms with Crippen molar-refractivity contribution in [3.8, 4) is 0 Å². The number of rotatable bonds is 1. The van der Waals surface area contributed by atoms with Crippen LogP contribution < -0.4 is 5.73 Å². The zero-order chi connectivity index (χ0) is 17.4. The third-order valence-corrected chi connectivity index (χ3v) is 4.10. The van der Waals surface area contributed by atoms with Gasteiger partial charge in [-0.05, 0) is 34.1 Å². The summed E-state index contributed by atoms with van der Waals surface area (Å²) >= 11 is 0. The van der Waals surface area contributed by atoms with E-state index < -0.39 is 0 Å². The Morgan fingerprint density at radius 1 is 0.833 bits per heavy atom. The summed E-state index contributed by atoms with van der Waals surface area (Å²) in [6.45, 7) is 12.4. The second-order valence-corrected chi connectivity index (χ2v) is 8.18. The van der Waals surface area contributed by atoms with E-state index in [0.29, 0.717) is 5.70 Å². The minimum Gasteiger partial charge on any atom is -0.398 e. The summed E-state index contributed by atoms with van der Waals surface area (Å²) in [7, 11) is 0. The Hall–Kier alpha value is -1.80. The lowest BCUT2D eigenvalue weighted by Gasteiger charge is -2.31. The molecule has 0 aromatic heterocycles. The second-order valence-electron chi connectivity index (χ2n) is 8.18. The first-order valence-corrected chi connectivity index (χ1v) is 8.06. The van der Waals surface area contributed by atoms with Crippen LogP contribution in [0.5, 0.6) is 0 Å². The Morgan fingerprint density at radius 2 is 1.25 bits per heavy atom. The standard InChI is InChI=1S/C21H27NO.ClH/c1-20(2,3)16-12-15(13-17(19(16)23)21(4,5)6)18(22)14-10-8-7-9-11-14;/h7-13H,22H2,1-6H3;1H. The largest absolute Gasteiger partial charge is 0.398 e. The number of hydrogen-bond donors (Lipinski definition) is 1. The number of halogens is 1. The van der Waals surface area contributed by atoms with Crippen molar-refractivity contribution >= 4 is 23.9 Å². The topological polar surface area (TPSA) is 43.1 Å². The molecule has 0 radical (unpaired) electrons. The van der Waals surface area contributed by atoms with Gasteiger partial charge in [0.1, 0.15) is 0 Å². The molecule has 1 aromatic carbocycles. The van der Waals surface area contributed by atoms with Crippen LogP contribution in [0.25, 0.3) is 5.70 Å². The maximum absolute atomic E-state index is 12.9. The Morgan fingerprint density at radius 3 is 1.62 bits per heavy atom. The highest BCUT2D eigenvalue weighted by Crippen LogP contribution is 2.39. The van der Waals surface area contributed by atoms with E-state index in [0.717, 1.165) is 22.3 Å². The molecular weight excluding hydrogens is 318 g/mol. The van der Waals surface area contributed by atoms with Gasteiger partial charge < -0.3 is 5.73 Å². The van der Waals surface area contributed by atoms with Crippen LogP contribution in [0.1, 0.15) is 47.1 Å². The zero-order valence-electron chi connectivity index (χ0n) is 15.4. The van der Waals surface area contributed by atoms with Gasteiger partial charge in [0.05, 0.1) is 0 Å². The molecule has 1 aromatic rings. The van der Waals surface area contributed by atoms with E-state index in [4.69, 9.17) is 5.73 Å². The minimum atomic E-state index is -0.218. The summed E-state index contributed by atoms with van der Waals surface area (Å²) in [6.07, 6.45) is 3.92. The van der Waals surface area contributed by atoms with Crippen molar-refractivity contribution in [2.45, 2.75) is 41.5 Å². The van der Waals surface area contributed by atoms with Gasteiger partial charge in [0, 0.05) is 16.8 Å². The predicted molar refractivity (Wildman–Crippen MR) is 105 cm³/mol. The van der Waals surface area contributed by atoms with Gasteiger partial charge in [-0.25, -0.2) is 0 Å². The fourth-order valence-corrected chi connectivity index (χ4v) is 2.68. The van der Waals surface area contributed by atoms with Gasteiger partial charge in [0.2, 0.25) is 0 Å². The van der Waals surface area contributed by atoms with Crippen molar-refractivity contribution in [3.63, 3.8) is 0 Å². The van der Waals surface area contributed by atoms with Crippen LogP contribution in [-0.4, -0.2) is 5.78 Å². The monoisotopic (exact) mass is 345 g/mol. The molecule has 1 aliphatic carbocycles. The van der Waals surface area contributed by atoms with Gasteiger partial charge in [-0.3, -0.25) is 4.79 Å². The van der Waals surface area contributed by atoms with Crippen LogP contribution in [-0.2, 0) is 4.79 Å². The first-order chi connectivity index (χ1) is 10.5. The van der Waals surface area contributed by atoms with Crippen LogP contribution in [0.2, 0.25) is 0 Å². The highest BCUT2D eigenvalue weighted by atomic mass is 35.5. The maximum atomic E-state index is 12.9. The van der Waals surface area contributed by atoms with E-state index in [9.17, 15) is 4.79 Å². The fourth-order valence-electron chi connectivity index (χ4n) is 2.68. The van der Waals surface area contributed by atoms with Gasteiger partial charge in [-0.15, -0.1) is 12.4 Å². The molecule has 24 heavy (non-hydrogen) atoms. The van der Waals surface area contributed by atoms with Crippen LogP contribution >= 0.6 is 12.4 Å². The van der Waals surface area contributed by atoms with E-state index >= 15 is 0 Å². The molecule has 0 bridgehead atoms. The first kappa shape index (κ1) is 20.2. The smallest absolute Gasteiger partial charge is 0.186 e. The number of carbonyl (C=O) groups excluding carboxylic acids is 1. The number of ketones is 1. The van der Waals surface area contributed by atoms with E-state index in [1.54, 1.807) is 0 Å². The number of allylic oxidation sites excluding steroid dienone is 5. The zero-order valence-corrected chi connectivity index (χ0v) is 16.3. The molecular formula is C21H28ClNO. The van der Waals surface area contributed by atoms with Crippen molar-refractivity contribution in [2.24, 2.45) is 16.6 Å². The van der Waals surface area contributed by atoms with Crippen molar-refractivity contribution < 1.29 is 4.79 Å². The Bertz CT molecular complexity index is 674. The molecule has 2 nitrogen and oxygen atoms in total. The van der Waals surface area contributed by atoms with Gasteiger partial charge in [0.25, 0.3) is 0 Å². The molecule has 0 saturated heterocycles. The molecule has 130 valence electrons. The Kier molecular flexibility index (Phi) is 5.89. The lowest BCUT2D eigenvalue weighted by Crippen LogP contribution is -2.28. The van der Waals surface area contributed by atoms with Crippen LogP contribution in [0.4, 0.5) is 0 Å². The quantitative estimate of drug-likeness (QED) is 0.749. The van der Waals surface area contributed by atoms with E-state index in [2.05, 4.69) is 41.5 Å². The minimum absolute atomic E-state index is 0. The SMILES string of the molecule is CC(C)(C)C1=CC(=C(N)c2ccccc2)C=C(C(C)(C)C)C1=O.Cl. The third kappa shape index (κ3) is 4.18. The van der Waals surface area contributed by atoms with Crippen molar-refractivity contribution in [3.05, 3.63) is 64.8 Å². The normalized spacial score (nSPS) is 15.4. The van der Waals surface area contributed by atoms with E-state index in [1.807, 2.05) is 42.5 Å². The number of benzene rings is 1. The van der Waals surface area contributed by atoms with Crippen molar-refractivity contribution in [2.75, 3.05) is 0 Å². The summed E-state index contributed by atoms with van der Waals surface area (Å²) in [5, 5.41) is 0. The van der Waals surface area contributed by atoms with Gasteiger partial charge in [-0.2, -0.15) is 0 Å². The molecule has 0 saturated carbocycles. The molecule has 0 aliphatic heterocycles. The molecule has 0 amide bonds. The lowest BCUT2D eigenvalue weighted by molar-refractivity contribution is -0.114. The lowest BCUT2D eigenvalue weighted by atomic mass is 9.71. The first-order valence-electron chi connectivity index (χ1n) is 8.06. The van der Waals surface area contributed by atoms with Crippen LogP contribution in [0.15, 0.2) is 59.2 Å². The summed E-state index contributed by atoms with van der Waals surface area (Å²) in [4.78, 5) is 12.9. The molecule has 0 heterocycles. The average molecular weight is 346 g/mol. The second kappa shape index (κ2) is 6.98. The maximum Gasteiger partial charge on any atom is 0.186 e. The van der Waals surface area contributed by atoms with Gasteiger partial charge in [-0.1, -0.05) is 71.9 Å². The molecule has 2 N–H and O–H groups in total. The predicted octanol–water partition coefficient (Wildman–Crippen LogP) is 5.31. The summed E-state index contributed by atoms with van der Waals surface area (Å²) < 4.78 is 0. The molecule has 0 unspecified atom stereocenters. The van der Waals surface area contributed by atoms with Gasteiger partial charge >= 0.3 is 0 Å². The van der Waals surface area contributed by atoms with E-state index in [1.165, 1.54) is 0 Å². The molecule has 0 atom stereocenters. The highest BCUT2D eigenvalue weighted by Gasteiger charge is 2.34. The summed E-state index contributed by atoms with van der Waals surface area (Å²) in [6, 6.07) is 9.90. The molecule has 2 rings (SSSR count). The molecule has 0 spiro atoms. The number of hydrogen-bond acceptors (Lipinski definition) is 2. The van der Waals surface area contributed by atoms with E-state index in [-0.39, 0.29) is 29.0 Å². The summed E-state index contributed by atoms with van der Waals surface area (Å²) in [5.41, 5.74) is 10.2. The van der Waals surface area contributed by atoms with Crippen molar-refractivity contribution in [1.29, 1.82) is 0 Å². The average Bonchev–Trinajstić information content (AvgIpc) is 2.45. The molecule has 1 aliphatic rings. The molecule has 0 fully saturated rings. The number of carbonyl (C=O) groups is 1. The fraction of sp³-hybridized carbons (Fsp3) is 0.381. The van der Waals surface area contributed by atoms with Crippen LogP contribution in [0, 0.1) is 10.8 Å². The number of Topliss-reactive ketones (excluding diaryl/α,β-unsaturated/α-hetero) is 1. The number of nitrogens with two attached hydrogens (primary N) is 1. The van der Waals surface area contributed by atoms with Gasteiger partial charge in [0.15, 0.2) is 5.78 Å². The Balaban J connectivity index is 0.00000288. The Labute approximate surface area is 151 Å². The van der Waals surface area contributed by atoms with Crippen molar-refractivity contribution in [1.82, 2.24) is 0 Å². The van der Waals surface area contributed by atoms with Crippen LogP contribution in [0.3, 0.4) is 0 Å². The third-order valence-electron chi connectivity index (χ3n) is 4.10. The molecule has 3 heteroatoms.